The van der Waals surface area contributed by atoms with Crippen molar-refractivity contribution < 1.29 is 42.2 Å². The molecule has 3 aromatic rings. The van der Waals surface area contributed by atoms with Crippen molar-refractivity contribution in [1.82, 2.24) is 25.6 Å². The number of ether oxygens (including phenoxy) is 2. The van der Waals surface area contributed by atoms with Gasteiger partial charge in [-0.3, -0.25) is 34.0 Å². The summed E-state index contributed by atoms with van der Waals surface area (Å²) >= 11 is 0. The molecule has 0 spiro atoms. The van der Waals surface area contributed by atoms with Crippen LogP contribution in [0.15, 0.2) is 72.8 Å². The first-order valence-corrected chi connectivity index (χ1v) is 18.7. The molecule has 0 saturated carbocycles. The number of carbonyl (C=O) groups excluding carboxylic acids is 5. The summed E-state index contributed by atoms with van der Waals surface area (Å²) in [5.41, 5.74) is 3.18. The first-order valence-electron chi connectivity index (χ1n) is 18.7. The lowest BCUT2D eigenvalue weighted by atomic mass is 9.90. The van der Waals surface area contributed by atoms with Crippen molar-refractivity contribution in [3.63, 3.8) is 0 Å². The van der Waals surface area contributed by atoms with Gasteiger partial charge in [-0.25, -0.2) is 19.0 Å². The number of likely N-dealkylation sites (N-methyl/N-ethyl adjacent to an activating group) is 1. The van der Waals surface area contributed by atoms with Crippen molar-refractivity contribution in [2.75, 3.05) is 25.6 Å². The molecule has 0 bridgehead atoms. The number of hydrogen-bond acceptors (Lipinski definition) is 8. The molecule has 1 fully saturated rings. The average molecular weight is 777 g/mol. The number of carbonyl (C=O) groups is 5. The molecular weight excluding hydrogens is 726 g/mol. The van der Waals surface area contributed by atoms with E-state index in [2.05, 4.69) is 16.1 Å². The van der Waals surface area contributed by atoms with Crippen molar-refractivity contribution in [2.45, 2.75) is 90.3 Å². The zero-order valence-electron chi connectivity index (χ0n) is 32.5. The number of rotatable bonds is 12. The molecule has 2 heterocycles. The van der Waals surface area contributed by atoms with Gasteiger partial charge in [0.2, 0.25) is 17.7 Å². The Morgan fingerprint density at radius 1 is 0.911 bits per heavy atom. The summed E-state index contributed by atoms with van der Waals surface area (Å²) in [6.07, 6.45) is -1.27. The second-order valence-electron chi connectivity index (χ2n) is 14.9. The summed E-state index contributed by atoms with van der Waals surface area (Å²) < 4.78 is 41.0. The third-order valence-electron chi connectivity index (χ3n) is 9.88. The van der Waals surface area contributed by atoms with E-state index in [1.807, 2.05) is 30.3 Å². The van der Waals surface area contributed by atoms with Gasteiger partial charge in [0.1, 0.15) is 47.2 Å². The number of nitrogens with zero attached hydrogens (tertiary/aromatic N) is 3. The van der Waals surface area contributed by atoms with Gasteiger partial charge in [-0.1, -0.05) is 67.6 Å². The monoisotopic (exact) mass is 776 g/mol. The maximum absolute atomic E-state index is 15.4. The molecule has 4 atom stereocenters. The van der Waals surface area contributed by atoms with E-state index in [0.717, 1.165) is 28.7 Å². The van der Waals surface area contributed by atoms with E-state index >= 15 is 4.79 Å². The van der Waals surface area contributed by atoms with E-state index in [9.17, 15) is 28.0 Å². The van der Waals surface area contributed by atoms with Gasteiger partial charge in [-0.15, -0.1) is 0 Å². The molecule has 5 rings (SSSR count). The number of fused-ring (bicyclic) bond motifs is 1. The Morgan fingerprint density at radius 2 is 1.52 bits per heavy atom. The molecule has 15 heteroatoms. The normalized spacial score (nSPS) is 18.0. The fraction of sp³-hybridized carbons (Fsp3) is 0.439. The first kappa shape index (κ1) is 41.7. The molecule has 3 aromatic carbocycles. The molecule has 0 radical (unpaired) electrons. The third-order valence-corrected chi connectivity index (χ3v) is 9.88. The quantitative estimate of drug-likeness (QED) is 0.202. The van der Waals surface area contributed by atoms with Crippen LogP contribution in [0.3, 0.4) is 0 Å². The van der Waals surface area contributed by atoms with E-state index in [0.29, 0.717) is 24.0 Å². The number of amides is 5. The van der Waals surface area contributed by atoms with Crippen LogP contribution < -0.4 is 16.1 Å². The van der Waals surface area contributed by atoms with Crippen LogP contribution in [0.1, 0.15) is 82.8 Å². The number of hydrazine groups is 1. The number of halogens is 2. The molecule has 13 nitrogen and oxygen atoms in total. The molecule has 56 heavy (non-hydrogen) atoms. The lowest BCUT2D eigenvalue weighted by Gasteiger charge is -2.41. The summed E-state index contributed by atoms with van der Waals surface area (Å²) in [4.78, 5) is 73.1. The SMILES string of the molecule is CCC(=O)N(NCc1ccccc1)C1c2ccccc2[C@@H](C(=O)Nc2c(F)cccc2F)N1C(=O)[C@@H](NC(=O)[C@H](C)N(C)C(=O)OC(C)(C)C)C1CCOCC1. The lowest BCUT2D eigenvalue weighted by molar-refractivity contribution is -0.159. The van der Waals surface area contributed by atoms with Gasteiger partial charge < -0.3 is 20.1 Å². The summed E-state index contributed by atoms with van der Waals surface area (Å²) in [5.74, 6) is -5.32. The molecular formula is C41H50F2N6O7. The highest BCUT2D eigenvalue weighted by Gasteiger charge is 2.51. The Hall–Kier alpha value is -5.41. The summed E-state index contributed by atoms with van der Waals surface area (Å²) in [7, 11) is 1.41. The molecule has 300 valence electrons. The summed E-state index contributed by atoms with van der Waals surface area (Å²) in [5, 5.41) is 6.52. The second kappa shape index (κ2) is 18.0. The molecule has 2 aliphatic heterocycles. The Morgan fingerprint density at radius 3 is 2.12 bits per heavy atom. The van der Waals surface area contributed by atoms with Gasteiger partial charge in [0.25, 0.3) is 5.91 Å². The zero-order chi connectivity index (χ0) is 40.7. The van der Waals surface area contributed by atoms with Crippen molar-refractivity contribution in [2.24, 2.45) is 5.92 Å². The molecule has 3 N–H and O–H groups in total. The van der Waals surface area contributed by atoms with Crippen LogP contribution in [0.2, 0.25) is 0 Å². The van der Waals surface area contributed by atoms with Crippen LogP contribution in [-0.4, -0.2) is 82.5 Å². The van der Waals surface area contributed by atoms with Gasteiger partial charge in [0, 0.05) is 38.8 Å². The van der Waals surface area contributed by atoms with Gasteiger partial charge in [0.15, 0.2) is 0 Å². The minimum Gasteiger partial charge on any atom is -0.444 e. The molecule has 1 saturated heterocycles. The van der Waals surface area contributed by atoms with Gasteiger partial charge >= 0.3 is 6.09 Å². The lowest BCUT2D eigenvalue weighted by Crippen LogP contribution is -2.60. The molecule has 1 unspecified atom stereocenters. The van der Waals surface area contributed by atoms with E-state index in [1.165, 1.54) is 23.9 Å². The number of anilines is 1. The second-order valence-corrected chi connectivity index (χ2v) is 14.9. The van der Waals surface area contributed by atoms with Crippen molar-refractivity contribution in [3.8, 4) is 0 Å². The average Bonchev–Trinajstić information content (AvgIpc) is 3.52. The smallest absolute Gasteiger partial charge is 0.410 e. The molecule has 0 aliphatic carbocycles. The van der Waals surface area contributed by atoms with Crippen LogP contribution >= 0.6 is 0 Å². The number of benzene rings is 3. The highest BCUT2D eigenvalue weighted by molar-refractivity contribution is 6.01. The molecule has 2 aliphatic rings. The van der Waals surface area contributed by atoms with Gasteiger partial charge in [-0.05, 0) is 69.7 Å². The Kier molecular flexibility index (Phi) is 13.4. The van der Waals surface area contributed by atoms with E-state index in [4.69, 9.17) is 9.47 Å². The van der Waals surface area contributed by atoms with Crippen molar-refractivity contribution in [1.29, 1.82) is 0 Å². The van der Waals surface area contributed by atoms with E-state index in [1.54, 1.807) is 52.0 Å². The molecule has 5 amide bonds. The predicted molar refractivity (Wildman–Crippen MR) is 203 cm³/mol. The standard InChI is InChI=1S/C41H50F2N6O7/c1-7-32(50)49(44-24-26-14-9-8-10-15-26)38-29-17-12-11-16-28(29)35(37(52)46-34-30(42)18-13-19-31(34)43)48(38)39(53)33(27-20-22-55-23-21-27)45-36(51)25(2)47(6)40(54)56-41(3,4)5/h8-19,25,27,33,35,38,44H,7,20-24H2,1-6H3,(H,45,51)(H,46,52)/t25-,33-,35-,38?/m0/s1. The minimum atomic E-state index is -1.52. The molecule has 0 aromatic heterocycles. The zero-order valence-corrected chi connectivity index (χ0v) is 32.5. The van der Waals surface area contributed by atoms with Crippen LogP contribution in [-0.2, 0) is 35.2 Å². The van der Waals surface area contributed by atoms with Crippen LogP contribution in [0.5, 0.6) is 0 Å². The third kappa shape index (κ3) is 9.51. The predicted octanol–water partition coefficient (Wildman–Crippen LogP) is 5.60. The maximum Gasteiger partial charge on any atom is 0.410 e. The summed E-state index contributed by atoms with van der Waals surface area (Å²) in [6.45, 7) is 8.98. The first-order chi connectivity index (χ1) is 26.6. The highest BCUT2D eigenvalue weighted by atomic mass is 19.1. The van der Waals surface area contributed by atoms with E-state index in [-0.39, 0.29) is 26.2 Å². The van der Waals surface area contributed by atoms with Crippen molar-refractivity contribution in [3.05, 3.63) is 101 Å². The van der Waals surface area contributed by atoms with Crippen LogP contribution in [0, 0.1) is 17.6 Å². The van der Waals surface area contributed by atoms with Crippen molar-refractivity contribution >= 4 is 35.4 Å². The van der Waals surface area contributed by atoms with E-state index < -0.39 is 82.9 Å². The Bertz CT molecular complexity index is 1880. The van der Waals surface area contributed by atoms with Gasteiger partial charge in [-0.2, -0.15) is 0 Å². The van der Waals surface area contributed by atoms with Crippen LogP contribution in [0.4, 0.5) is 19.3 Å². The number of hydrogen-bond donors (Lipinski definition) is 3. The number of para-hydroxylation sites is 1. The topological polar surface area (TPSA) is 150 Å². The minimum absolute atomic E-state index is 0.00836. The largest absolute Gasteiger partial charge is 0.444 e. The Labute approximate surface area is 325 Å². The fourth-order valence-corrected chi connectivity index (χ4v) is 6.81. The van der Waals surface area contributed by atoms with Crippen LogP contribution in [0.25, 0.3) is 0 Å². The number of nitrogens with one attached hydrogen (secondary N) is 3. The van der Waals surface area contributed by atoms with Gasteiger partial charge in [0.05, 0.1) is 0 Å². The summed E-state index contributed by atoms with van der Waals surface area (Å²) in [6, 6.07) is 15.1. The Balaban J connectivity index is 1.61. The highest BCUT2D eigenvalue weighted by Crippen LogP contribution is 2.45. The maximum atomic E-state index is 15.4. The fourth-order valence-electron chi connectivity index (χ4n) is 6.81.